The quantitative estimate of drug-likeness (QED) is 0.369. The number of hydrogen-bond acceptors (Lipinski definition) is 2. The second-order valence-corrected chi connectivity index (χ2v) is 3.80. The van der Waals surface area contributed by atoms with E-state index in [1.807, 2.05) is 42.6 Å². The van der Waals surface area contributed by atoms with E-state index >= 15 is 0 Å². The number of rotatable bonds is 4. The lowest BCUT2D eigenvalue weighted by Gasteiger charge is -2.00. The average Bonchev–Trinajstić information content (AvgIpc) is 2.39. The highest BCUT2D eigenvalue weighted by molar-refractivity contribution is 5.74. The molecule has 0 fully saturated rings. The number of nitrogens with zero attached hydrogens (tertiary/aromatic N) is 2. The Morgan fingerprint density at radius 3 is 2.59 bits per heavy atom. The zero-order valence-electron chi connectivity index (χ0n) is 9.53. The summed E-state index contributed by atoms with van der Waals surface area (Å²) in [6.07, 6.45) is 4.40. The third-order valence-corrected chi connectivity index (χ3v) is 2.65. The van der Waals surface area contributed by atoms with Crippen molar-refractivity contribution in [2.24, 2.45) is 5.16 Å². The van der Waals surface area contributed by atoms with Crippen LogP contribution in [-0.2, 0) is 13.0 Å². The molecule has 0 unspecified atom stereocenters. The zero-order valence-corrected chi connectivity index (χ0v) is 9.53. The van der Waals surface area contributed by atoms with Gasteiger partial charge in [0.15, 0.2) is 12.7 Å². The number of oxime groups is 1. The molecular formula is C14H15N2O+. The second-order valence-electron chi connectivity index (χ2n) is 3.80. The van der Waals surface area contributed by atoms with Gasteiger partial charge in [-0.15, -0.1) is 0 Å². The minimum Gasteiger partial charge on any atom is -0.411 e. The smallest absolute Gasteiger partial charge is 0.227 e. The number of aromatic nitrogens is 1. The maximum absolute atomic E-state index is 8.59. The van der Waals surface area contributed by atoms with Crippen molar-refractivity contribution in [1.82, 2.24) is 0 Å². The molecule has 3 heteroatoms. The van der Waals surface area contributed by atoms with Gasteiger partial charge in [-0.3, -0.25) is 0 Å². The molecule has 0 spiro atoms. The molecule has 0 saturated carbocycles. The summed E-state index contributed by atoms with van der Waals surface area (Å²) >= 11 is 0. The van der Waals surface area contributed by atoms with Crippen LogP contribution in [0.15, 0.2) is 59.9 Å². The predicted octanol–water partition coefficient (Wildman–Crippen LogP) is 2.02. The van der Waals surface area contributed by atoms with Gasteiger partial charge >= 0.3 is 0 Å². The molecule has 0 atom stereocenters. The summed E-state index contributed by atoms with van der Waals surface area (Å²) in [7, 11) is 0. The van der Waals surface area contributed by atoms with Gasteiger partial charge < -0.3 is 5.21 Å². The number of hydrogen-bond donors (Lipinski definition) is 1. The average molecular weight is 227 g/mol. The summed E-state index contributed by atoms with van der Waals surface area (Å²) in [6, 6.07) is 16.2. The first-order chi connectivity index (χ1) is 8.40. The van der Waals surface area contributed by atoms with E-state index in [9.17, 15) is 0 Å². The van der Waals surface area contributed by atoms with Crippen LogP contribution in [-0.4, -0.2) is 11.4 Å². The highest BCUT2D eigenvalue weighted by Crippen LogP contribution is 1.99. The van der Waals surface area contributed by atoms with Gasteiger partial charge in [0.05, 0.1) is 0 Å². The summed E-state index contributed by atoms with van der Waals surface area (Å²) in [5, 5.41) is 11.7. The lowest BCUT2D eigenvalue weighted by Crippen LogP contribution is -2.38. The van der Waals surface area contributed by atoms with Crippen LogP contribution in [0, 0.1) is 0 Å². The van der Waals surface area contributed by atoms with Crippen LogP contribution in [0.2, 0.25) is 0 Å². The maximum atomic E-state index is 8.59. The van der Waals surface area contributed by atoms with Gasteiger partial charge in [0.1, 0.15) is 6.21 Å². The summed E-state index contributed by atoms with van der Waals surface area (Å²) in [6.45, 7) is 0.867. The van der Waals surface area contributed by atoms with Gasteiger partial charge in [0, 0.05) is 18.6 Å². The first kappa shape index (κ1) is 11.3. The SMILES string of the molecule is O/N=C/c1cccc[n+]1CCc1ccccc1. The molecule has 1 aromatic carbocycles. The Morgan fingerprint density at radius 1 is 1.06 bits per heavy atom. The molecule has 0 aliphatic heterocycles. The van der Waals surface area contributed by atoms with E-state index in [2.05, 4.69) is 21.9 Å². The monoisotopic (exact) mass is 227 g/mol. The third kappa shape index (κ3) is 3.14. The number of benzene rings is 1. The van der Waals surface area contributed by atoms with Crippen molar-refractivity contribution < 1.29 is 9.77 Å². The van der Waals surface area contributed by atoms with Crippen molar-refractivity contribution in [2.45, 2.75) is 13.0 Å². The normalized spacial score (nSPS) is 10.8. The molecule has 1 heterocycles. The van der Waals surface area contributed by atoms with Crippen molar-refractivity contribution in [3.8, 4) is 0 Å². The minimum atomic E-state index is 0.867. The highest BCUT2D eigenvalue weighted by Gasteiger charge is 2.07. The summed E-state index contributed by atoms with van der Waals surface area (Å²) in [4.78, 5) is 0. The Morgan fingerprint density at radius 2 is 1.82 bits per heavy atom. The van der Waals surface area contributed by atoms with E-state index < -0.39 is 0 Å². The van der Waals surface area contributed by atoms with Crippen LogP contribution >= 0.6 is 0 Å². The summed E-state index contributed by atoms with van der Waals surface area (Å²) < 4.78 is 2.06. The van der Waals surface area contributed by atoms with Crippen LogP contribution in [0.5, 0.6) is 0 Å². The van der Waals surface area contributed by atoms with E-state index in [1.165, 1.54) is 11.8 Å². The van der Waals surface area contributed by atoms with Crippen LogP contribution in [0.4, 0.5) is 0 Å². The van der Waals surface area contributed by atoms with E-state index in [-0.39, 0.29) is 0 Å². The topological polar surface area (TPSA) is 36.5 Å². The van der Waals surface area contributed by atoms with Crippen molar-refractivity contribution >= 4 is 6.21 Å². The van der Waals surface area contributed by atoms with Crippen LogP contribution < -0.4 is 4.57 Å². The molecule has 17 heavy (non-hydrogen) atoms. The fourth-order valence-electron chi connectivity index (χ4n) is 1.76. The molecule has 2 aromatic rings. The molecule has 1 N–H and O–H groups in total. The van der Waals surface area contributed by atoms with Crippen LogP contribution in [0.1, 0.15) is 11.3 Å². The van der Waals surface area contributed by atoms with Gasteiger partial charge in [-0.05, 0) is 11.6 Å². The molecule has 0 amide bonds. The summed E-state index contributed by atoms with van der Waals surface area (Å²) in [5.41, 5.74) is 2.20. The van der Waals surface area contributed by atoms with Crippen molar-refractivity contribution in [3.63, 3.8) is 0 Å². The Labute approximate surface area is 101 Å². The molecule has 3 nitrogen and oxygen atoms in total. The molecule has 0 saturated heterocycles. The van der Waals surface area contributed by atoms with Gasteiger partial charge in [0.25, 0.3) is 0 Å². The van der Waals surface area contributed by atoms with Gasteiger partial charge in [-0.2, -0.15) is 4.57 Å². The Bertz CT molecular complexity index is 495. The van der Waals surface area contributed by atoms with E-state index in [0.29, 0.717) is 0 Å². The molecule has 0 aliphatic rings. The number of pyridine rings is 1. The molecule has 2 rings (SSSR count). The van der Waals surface area contributed by atoms with Gasteiger partial charge in [-0.1, -0.05) is 35.5 Å². The minimum absolute atomic E-state index is 0.867. The Balaban J connectivity index is 2.09. The van der Waals surface area contributed by atoms with Crippen LogP contribution in [0.3, 0.4) is 0 Å². The van der Waals surface area contributed by atoms with Crippen molar-refractivity contribution in [3.05, 3.63) is 66.0 Å². The second kappa shape index (κ2) is 5.80. The van der Waals surface area contributed by atoms with Gasteiger partial charge in [0.2, 0.25) is 5.69 Å². The maximum Gasteiger partial charge on any atom is 0.227 e. The van der Waals surface area contributed by atoms with E-state index in [4.69, 9.17) is 5.21 Å². The Kier molecular flexibility index (Phi) is 3.86. The molecular weight excluding hydrogens is 212 g/mol. The first-order valence-electron chi connectivity index (χ1n) is 5.60. The predicted molar refractivity (Wildman–Crippen MR) is 66.2 cm³/mol. The lowest BCUT2D eigenvalue weighted by atomic mass is 10.1. The standard InChI is InChI=1S/C14H14N2O/c17-15-12-14-8-4-5-10-16(14)11-9-13-6-2-1-3-7-13/h1-8,10,12H,9,11H2/p+1. The first-order valence-corrected chi connectivity index (χ1v) is 5.60. The molecule has 0 radical (unpaired) electrons. The zero-order chi connectivity index (χ0) is 11.9. The fraction of sp³-hybridized carbons (Fsp3) is 0.143. The summed E-state index contributed by atoms with van der Waals surface area (Å²) in [5.74, 6) is 0. The molecule has 1 aromatic heterocycles. The van der Waals surface area contributed by atoms with Crippen molar-refractivity contribution in [2.75, 3.05) is 0 Å². The van der Waals surface area contributed by atoms with Gasteiger partial charge in [-0.25, -0.2) is 0 Å². The molecule has 0 bridgehead atoms. The largest absolute Gasteiger partial charge is 0.411 e. The molecule has 86 valence electrons. The van der Waals surface area contributed by atoms with E-state index in [0.717, 1.165) is 18.7 Å². The van der Waals surface area contributed by atoms with Crippen molar-refractivity contribution in [1.29, 1.82) is 0 Å². The van der Waals surface area contributed by atoms with Crippen LogP contribution in [0.25, 0.3) is 0 Å². The van der Waals surface area contributed by atoms with E-state index in [1.54, 1.807) is 0 Å². The highest BCUT2D eigenvalue weighted by atomic mass is 16.4. The fourth-order valence-corrected chi connectivity index (χ4v) is 1.76. The third-order valence-electron chi connectivity index (χ3n) is 2.65. The number of aryl methyl sites for hydroxylation is 2. The lowest BCUT2D eigenvalue weighted by molar-refractivity contribution is -0.697. The molecule has 0 aliphatic carbocycles. The Hall–Kier alpha value is -2.16.